The van der Waals surface area contributed by atoms with E-state index in [0.29, 0.717) is 15.8 Å². The molecule has 1 saturated carbocycles. The average molecular weight is 525 g/mol. The number of aliphatic imine (C=N–C) groups is 1. The molecule has 1 aromatic heterocycles. The van der Waals surface area contributed by atoms with Gasteiger partial charge in [0.2, 0.25) is 0 Å². The third-order valence-electron chi connectivity index (χ3n) is 5.87. The van der Waals surface area contributed by atoms with Crippen molar-refractivity contribution in [2.24, 2.45) is 4.99 Å². The van der Waals surface area contributed by atoms with Gasteiger partial charge >= 0.3 is 0 Å². The molecule has 2 heterocycles. The number of amides is 1. The maximum absolute atomic E-state index is 14.3. The first kappa shape index (κ1) is 22.2. The summed E-state index contributed by atoms with van der Waals surface area (Å²) in [7, 11) is 0. The van der Waals surface area contributed by atoms with Crippen molar-refractivity contribution in [1.29, 1.82) is 0 Å². The molecule has 3 aromatic rings. The first-order valence-corrected chi connectivity index (χ1v) is 12.6. The molecule has 1 aliphatic carbocycles. The molecule has 7 heteroatoms. The fraction of sp³-hybridized carbons (Fsp3) is 0.231. The van der Waals surface area contributed by atoms with Crippen molar-refractivity contribution in [3.05, 3.63) is 81.6 Å². The summed E-state index contributed by atoms with van der Waals surface area (Å²) < 4.78 is 21.3. The quantitative estimate of drug-likeness (QED) is 0.327. The molecular formula is C26H22BrFN2O2S. The van der Waals surface area contributed by atoms with Crippen LogP contribution in [0.2, 0.25) is 0 Å². The van der Waals surface area contributed by atoms with Crippen molar-refractivity contribution < 1.29 is 13.6 Å². The third kappa shape index (κ3) is 4.84. The van der Waals surface area contributed by atoms with Crippen LogP contribution in [0.15, 0.2) is 79.5 Å². The topological polar surface area (TPSA) is 45.8 Å². The molecule has 0 radical (unpaired) electrons. The number of thioether (sulfide) groups is 1. The number of halogens is 2. The van der Waals surface area contributed by atoms with Gasteiger partial charge in [0.05, 0.1) is 4.91 Å². The summed E-state index contributed by atoms with van der Waals surface area (Å²) in [5.74, 6) is 0.835. The smallest absolute Gasteiger partial charge is 0.267 e. The number of carbonyl (C=O) groups is 1. The first-order valence-electron chi connectivity index (χ1n) is 11.0. The minimum Gasteiger partial charge on any atom is -0.457 e. The highest BCUT2D eigenvalue weighted by atomic mass is 79.9. The normalized spacial score (nSPS) is 19.7. The van der Waals surface area contributed by atoms with Crippen LogP contribution in [0.25, 0.3) is 17.4 Å². The lowest BCUT2D eigenvalue weighted by molar-refractivity contribution is -0.124. The van der Waals surface area contributed by atoms with Gasteiger partial charge in [0.15, 0.2) is 5.17 Å². The van der Waals surface area contributed by atoms with Crippen molar-refractivity contribution in [1.82, 2.24) is 4.90 Å². The minimum atomic E-state index is -0.399. The van der Waals surface area contributed by atoms with E-state index in [1.54, 1.807) is 29.2 Å². The molecule has 1 amide bonds. The fourth-order valence-electron chi connectivity index (χ4n) is 4.20. The highest BCUT2D eigenvalue weighted by molar-refractivity contribution is 9.10. The number of nitrogens with zero attached hydrogens (tertiary/aromatic N) is 2. The summed E-state index contributed by atoms with van der Waals surface area (Å²) in [5, 5.41) is 0.530. The van der Waals surface area contributed by atoms with E-state index in [9.17, 15) is 9.18 Å². The van der Waals surface area contributed by atoms with Crippen molar-refractivity contribution >= 4 is 50.5 Å². The molecule has 2 aromatic carbocycles. The van der Waals surface area contributed by atoms with Gasteiger partial charge in [-0.15, -0.1) is 0 Å². The van der Waals surface area contributed by atoms with E-state index < -0.39 is 5.82 Å². The summed E-state index contributed by atoms with van der Waals surface area (Å²) >= 11 is 4.72. The van der Waals surface area contributed by atoms with Crippen LogP contribution in [0.3, 0.4) is 0 Å². The Labute approximate surface area is 204 Å². The molecule has 168 valence electrons. The van der Waals surface area contributed by atoms with Gasteiger partial charge in [0.1, 0.15) is 23.0 Å². The molecule has 2 fully saturated rings. The second-order valence-corrected chi connectivity index (χ2v) is 10.1. The van der Waals surface area contributed by atoms with Crippen molar-refractivity contribution in [3.63, 3.8) is 0 Å². The summed E-state index contributed by atoms with van der Waals surface area (Å²) in [4.78, 5) is 20.3. The van der Waals surface area contributed by atoms with Crippen LogP contribution in [-0.2, 0) is 4.79 Å². The Balaban J connectivity index is 1.47. The second kappa shape index (κ2) is 9.69. The summed E-state index contributed by atoms with van der Waals surface area (Å²) in [6.45, 7) is 0. The molecule has 0 bridgehead atoms. The molecular weight excluding hydrogens is 503 g/mol. The van der Waals surface area contributed by atoms with Crippen molar-refractivity contribution in [2.75, 3.05) is 0 Å². The SMILES string of the molecule is O=C1/C(=C/c2ccc(-c3ccc(Br)cc3)o2)SC(=Nc2ccccc2F)N1C1CCCCC1. The maximum atomic E-state index is 14.3. The number of amidine groups is 1. The van der Waals surface area contributed by atoms with Gasteiger partial charge in [-0.1, -0.05) is 59.5 Å². The van der Waals surface area contributed by atoms with E-state index in [1.165, 1.54) is 24.2 Å². The van der Waals surface area contributed by atoms with Gasteiger partial charge in [-0.05, 0) is 61.0 Å². The Morgan fingerprint density at radius 1 is 1.03 bits per heavy atom. The number of hydrogen-bond acceptors (Lipinski definition) is 4. The van der Waals surface area contributed by atoms with Crippen LogP contribution in [0.5, 0.6) is 0 Å². The van der Waals surface area contributed by atoms with E-state index in [-0.39, 0.29) is 17.6 Å². The van der Waals surface area contributed by atoms with Crippen LogP contribution >= 0.6 is 27.7 Å². The van der Waals surface area contributed by atoms with Gasteiger partial charge in [0.25, 0.3) is 5.91 Å². The first-order chi connectivity index (χ1) is 16.1. The number of furan rings is 1. The molecule has 1 aliphatic heterocycles. The van der Waals surface area contributed by atoms with Crippen molar-refractivity contribution in [2.45, 2.75) is 38.1 Å². The Bertz CT molecular complexity index is 1230. The predicted octanol–water partition coefficient (Wildman–Crippen LogP) is 7.78. The number of rotatable bonds is 4. The van der Waals surface area contributed by atoms with Gasteiger partial charge in [-0.25, -0.2) is 9.38 Å². The number of hydrogen-bond donors (Lipinski definition) is 0. The Morgan fingerprint density at radius 3 is 2.55 bits per heavy atom. The molecule has 33 heavy (non-hydrogen) atoms. The number of benzene rings is 2. The van der Waals surface area contributed by atoms with E-state index in [2.05, 4.69) is 20.9 Å². The molecule has 0 spiro atoms. The summed E-state index contributed by atoms with van der Waals surface area (Å²) in [5.41, 5.74) is 1.20. The van der Waals surface area contributed by atoms with E-state index in [0.717, 1.165) is 41.5 Å². The lowest BCUT2D eigenvalue weighted by atomic mass is 9.94. The molecule has 1 saturated heterocycles. The monoisotopic (exact) mass is 524 g/mol. The fourth-order valence-corrected chi connectivity index (χ4v) is 5.50. The molecule has 4 nitrogen and oxygen atoms in total. The zero-order valence-electron chi connectivity index (χ0n) is 17.8. The van der Waals surface area contributed by atoms with Gasteiger partial charge < -0.3 is 4.42 Å². The number of para-hydroxylation sites is 1. The van der Waals surface area contributed by atoms with Crippen LogP contribution in [0.4, 0.5) is 10.1 Å². The van der Waals surface area contributed by atoms with Crippen LogP contribution in [0, 0.1) is 5.82 Å². The van der Waals surface area contributed by atoms with Gasteiger partial charge in [-0.2, -0.15) is 0 Å². The van der Waals surface area contributed by atoms with E-state index >= 15 is 0 Å². The number of carbonyl (C=O) groups excluding carboxylic acids is 1. The van der Waals surface area contributed by atoms with Gasteiger partial charge in [-0.3, -0.25) is 9.69 Å². The summed E-state index contributed by atoms with van der Waals surface area (Å²) in [6.07, 6.45) is 6.98. The van der Waals surface area contributed by atoms with Crippen molar-refractivity contribution in [3.8, 4) is 11.3 Å². The Morgan fingerprint density at radius 2 is 1.79 bits per heavy atom. The Kier molecular flexibility index (Phi) is 6.51. The zero-order chi connectivity index (χ0) is 22.8. The Hall–Kier alpha value is -2.64. The molecule has 5 rings (SSSR count). The van der Waals surface area contributed by atoms with E-state index in [4.69, 9.17) is 4.42 Å². The maximum Gasteiger partial charge on any atom is 0.267 e. The van der Waals surface area contributed by atoms with Crippen LogP contribution < -0.4 is 0 Å². The highest BCUT2D eigenvalue weighted by Crippen LogP contribution is 2.39. The minimum absolute atomic E-state index is 0.0881. The lowest BCUT2D eigenvalue weighted by Gasteiger charge is -2.30. The summed E-state index contributed by atoms with van der Waals surface area (Å²) in [6, 6.07) is 18.1. The third-order valence-corrected chi connectivity index (χ3v) is 7.39. The predicted molar refractivity (Wildman–Crippen MR) is 135 cm³/mol. The van der Waals surface area contributed by atoms with Crippen LogP contribution in [-0.4, -0.2) is 22.0 Å². The van der Waals surface area contributed by atoms with Gasteiger partial charge in [0, 0.05) is 22.2 Å². The second-order valence-electron chi connectivity index (χ2n) is 8.13. The average Bonchev–Trinajstić information content (AvgIpc) is 3.41. The van der Waals surface area contributed by atoms with E-state index in [1.807, 2.05) is 36.4 Å². The standard InChI is InChI=1S/C26H22BrFN2O2S/c27-18-12-10-17(11-13-18)23-15-14-20(32-23)16-24-25(31)30(19-6-2-1-3-7-19)26(33-24)29-22-9-5-4-8-21(22)28/h4-5,8-16,19H,1-3,6-7H2/b24-16-,29-26?. The zero-order valence-corrected chi connectivity index (χ0v) is 20.2. The molecule has 0 N–H and O–H groups in total. The lowest BCUT2D eigenvalue weighted by Crippen LogP contribution is -2.40. The largest absolute Gasteiger partial charge is 0.457 e. The highest BCUT2D eigenvalue weighted by Gasteiger charge is 2.39. The van der Waals surface area contributed by atoms with Crippen LogP contribution in [0.1, 0.15) is 37.9 Å². The molecule has 2 aliphatic rings. The molecule has 0 atom stereocenters. The molecule has 0 unspecified atom stereocenters.